The molecule has 20 heavy (non-hydrogen) atoms. The number of carbonyl (C=O) groups is 1. The van der Waals surface area contributed by atoms with Gasteiger partial charge in [0.2, 0.25) is 0 Å². The Labute approximate surface area is 115 Å². The molecule has 0 aliphatic rings. The zero-order valence-electron chi connectivity index (χ0n) is 10.7. The topological polar surface area (TPSA) is 39.2 Å². The molecule has 2 rings (SSSR count). The third-order valence-corrected chi connectivity index (χ3v) is 2.76. The number of hydrogen-bond donors (Lipinski definition) is 0. The second kappa shape index (κ2) is 6.75. The van der Waals surface area contributed by atoms with Crippen molar-refractivity contribution in [2.75, 3.05) is 6.61 Å². The van der Waals surface area contributed by atoms with Gasteiger partial charge in [-0.05, 0) is 42.7 Å². The van der Waals surface area contributed by atoms with Crippen LogP contribution in [0.2, 0.25) is 0 Å². The molecule has 3 nitrogen and oxygen atoms in total. The maximum atomic E-state index is 13.3. The number of aromatic nitrogens is 1. The molecule has 2 aromatic rings. The molecule has 0 radical (unpaired) electrons. The molecular weight excluding hydrogens is 264 g/mol. The van der Waals surface area contributed by atoms with Crippen molar-refractivity contribution in [1.29, 1.82) is 0 Å². The molecule has 5 heteroatoms. The van der Waals surface area contributed by atoms with E-state index in [2.05, 4.69) is 4.98 Å². The quantitative estimate of drug-likeness (QED) is 0.622. The maximum Gasteiger partial charge on any atom is 0.344 e. The predicted octanol–water partition coefficient (Wildman–Crippen LogP) is 3.15. The van der Waals surface area contributed by atoms with Crippen molar-refractivity contribution in [2.45, 2.75) is 12.8 Å². The fraction of sp³-hybridized carbons (Fsp3) is 0.200. The summed E-state index contributed by atoms with van der Waals surface area (Å²) in [5, 5.41) is 0. The molecule has 0 aliphatic heterocycles. The lowest BCUT2D eigenvalue weighted by molar-refractivity contribution is 0.0489. The Balaban J connectivity index is 1.84. The molecule has 0 aliphatic carbocycles. The first kappa shape index (κ1) is 14.1. The van der Waals surface area contributed by atoms with E-state index in [0.29, 0.717) is 12.8 Å². The van der Waals surface area contributed by atoms with E-state index in [0.717, 1.165) is 17.7 Å². The van der Waals surface area contributed by atoms with Crippen LogP contribution in [0.3, 0.4) is 0 Å². The van der Waals surface area contributed by atoms with Crippen LogP contribution in [0.4, 0.5) is 8.78 Å². The molecule has 0 amide bonds. The van der Waals surface area contributed by atoms with Crippen LogP contribution in [0.15, 0.2) is 42.7 Å². The van der Waals surface area contributed by atoms with Gasteiger partial charge in [-0.15, -0.1) is 0 Å². The summed E-state index contributed by atoms with van der Waals surface area (Å²) in [7, 11) is 0. The number of hydrogen-bond acceptors (Lipinski definition) is 3. The van der Waals surface area contributed by atoms with Crippen LogP contribution in [0.5, 0.6) is 0 Å². The lowest BCUT2D eigenvalue weighted by atomic mass is 10.1. The van der Waals surface area contributed by atoms with Crippen molar-refractivity contribution in [2.24, 2.45) is 0 Å². The summed E-state index contributed by atoms with van der Waals surface area (Å²) in [5.74, 6) is -2.80. The highest BCUT2D eigenvalue weighted by molar-refractivity contribution is 5.89. The third kappa shape index (κ3) is 3.60. The standard InChI is InChI=1S/C15H13F2NO2/c16-12-4-1-5-13(17)14(12)15(19)20-10-2-3-11-6-8-18-9-7-11/h1,4-9H,2-3,10H2. The van der Waals surface area contributed by atoms with Gasteiger partial charge in [0.1, 0.15) is 17.2 Å². The molecule has 1 heterocycles. The monoisotopic (exact) mass is 277 g/mol. The molecule has 0 fully saturated rings. The Morgan fingerprint density at radius 2 is 1.75 bits per heavy atom. The average molecular weight is 277 g/mol. The second-order valence-corrected chi connectivity index (χ2v) is 4.19. The number of nitrogens with zero attached hydrogens (tertiary/aromatic N) is 1. The fourth-order valence-electron chi connectivity index (χ4n) is 1.76. The van der Waals surface area contributed by atoms with Crippen LogP contribution in [-0.2, 0) is 11.2 Å². The molecule has 0 spiro atoms. The van der Waals surface area contributed by atoms with E-state index in [4.69, 9.17) is 4.74 Å². The van der Waals surface area contributed by atoms with E-state index < -0.39 is 23.2 Å². The molecule has 0 atom stereocenters. The third-order valence-electron chi connectivity index (χ3n) is 2.76. The number of carbonyl (C=O) groups excluding carboxylic acids is 1. The summed E-state index contributed by atoms with van der Waals surface area (Å²) in [4.78, 5) is 15.5. The number of halogens is 2. The Morgan fingerprint density at radius 3 is 2.40 bits per heavy atom. The second-order valence-electron chi connectivity index (χ2n) is 4.19. The normalized spacial score (nSPS) is 10.3. The largest absolute Gasteiger partial charge is 0.462 e. The van der Waals surface area contributed by atoms with Gasteiger partial charge in [0.05, 0.1) is 6.61 Å². The van der Waals surface area contributed by atoms with Crippen molar-refractivity contribution in [1.82, 2.24) is 4.98 Å². The van der Waals surface area contributed by atoms with E-state index >= 15 is 0 Å². The highest BCUT2D eigenvalue weighted by atomic mass is 19.1. The van der Waals surface area contributed by atoms with Gasteiger partial charge >= 0.3 is 5.97 Å². The minimum Gasteiger partial charge on any atom is -0.462 e. The molecule has 1 aromatic carbocycles. The van der Waals surface area contributed by atoms with Crippen molar-refractivity contribution in [3.8, 4) is 0 Å². The Morgan fingerprint density at radius 1 is 1.10 bits per heavy atom. The molecule has 0 N–H and O–H groups in total. The molecule has 0 saturated heterocycles. The highest BCUT2D eigenvalue weighted by Crippen LogP contribution is 2.13. The smallest absolute Gasteiger partial charge is 0.344 e. The van der Waals surface area contributed by atoms with Gasteiger partial charge in [-0.1, -0.05) is 6.07 Å². The molecule has 0 unspecified atom stereocenters. The van der Waals surface area contributed by atoms with Crippen LogP contribution < -0.4 is 0 Å². The van der Waals surface area contributed by atoms with Crippen LogP contribution in [0.25, 0.3) is 0 Å². The van der Waals surface area contributed by atoms with Crippen molar-refractivity contribution < 1.29 is 18.3 Å². The lowest BCUT2D eigenvalue weighted by Gasteiger charge is -2.06. The zero-order valence-corrected chi connectivity index (χ0v) is 10.7. The van der Waals surface area contributed by atoms with E-state index in [-0.39, 0.29) is 6.61 Å². The molecule has 0 saturated carbocycles. The summed E-state index contributed by atoms with van der Waals surface area (Å²) < 4.78 is 31.5. The minimum absolute atomic E-state index is 0.106. The summed E-state index contributed by atoms with van der Waals surface area (Å²) in [5.41, 5.74) is 0.421. The summed E-state index contributed by atoms with van der Waals surface area (Å²) in [6.07, 6.45) is 4.63. The van der Waals surface area contributed by atoms with Crippen LogP contribution >= 0.6 is 0 Å². The summed E-state index contributed by atoms with van der Waals surface area (Å²) >= 11 is 0. The Bertz CT molecular complexity index is 567. The number of rotatable bonds is 5. The lowest BCUT2D eigenvalue weighted by Crippen LogP contribution is -2.11. The summed E-state index contributed by atoms with van der Waals surface area (Å²) in [6.45, 7) is 0.106. The van der Waals surface area contributed by atoms with Crippen molar-refractivity contribution >= 4 is 5.97 Å². The molecular formula is C15H13F2NO2. The predicted molar refractivity (Wildman–Crippen MR) is 69.2 cm³/mol. The maximum absolute atomic E-state index is 13.3. The first-order valence-corrected chi connectivity index (χ1v) is 6.18. The van der Waals surface area contributed by atoms with Gasteiger partial charge < -0.3 is 4.74 Å². The molecule has 0 bridgehead atoms. The molecule has 104 valence electrons. The first-order chi connectivity index (χ1) is 9.68. The van der Waals surface area contributed by atoms with Gasteiger partial charge in [-0.3, -0.25) is 4.98 Å². The minimum atomic E-state index is -0.977. The number of esters is 1. The van der Waals surface area contributed by atoms with Crippen molar-refractivity contribution in [3.63, 3.8) is 0 Å². The Kier molecular flexibility index (Phi) is 4.76. The number of pyridine rings is 1. The number of ether oxygens (including phenoxy) is 1. The van der Waals surface area contributed by atoms with Gasteiger partial charge in [0.15, 0.2) is 0 Å². The SMILES string of the molecule is O=C(OCCCc1ccncc1)c1c(F)cccc1F. The van der Waals surface area contributed by atoms with E-state index in [1.54, 1.807) is 12.4 Å². The van der Waals surface area contributed by atoms with Gasteiger partial charge in [0.25, 0.3) is 0 Å². The number of aryl methyl sites for hydroxylation is 1. The first-order valence-electron chi connectivity index (χ1n) is 6.18. The number of benzene rings is 1. The van der Waals surface area contributed by atoms with E-state index in [9.17, 15) is 13.6 Å². The molecule has 1 aromatic heterocycles. The van der Waals surface area contributed by atoms with Gasteiger partial charge in [-0.2, -0.15) is 0 Å². The summed E-state index contributed by atoms with van der Waals surface area (Å²) in [6, 6.07) is 6.97. The fourth-order valence-corrected chi connectivity index (χ4v) is 1.76. The van der Waals surface area contributed by atoms with Gasteiger partial charge in [0, 0.05) is 12.4 Å². The van der Waals surface area contributed by atoms with Crippen LogP contribution in [0, 0.1) is 11.6 Å². The van der Waals surface area contributed by atoms with E-state index in [1.165, 1.54) is 6.07 Å². The van der Waals surface area contributed by atoms with E-state index in [1.807, 2.05) is 12.1 Å². The van der Waals surface area contributed by atoms with Crippen LogP contribution in [-0.4, -0.2) is 17.6 Å². The highest BCUT2D eigenvalue weighted by Gasteiger charge is 2.18. The zero-order chi connectivity index (χ0) is 14.4. The van der Waals surface area contributed by atoms with Crippen molar-refractivity contribution in [3.05, 3.63) is 65.5 Å². The Hall–Kier alpha value is -2.30. The van der Waals surface area contributed by atoms with Gasteiger partial charge in [-0.25, -0.2) is 13.6 Å². The van der Waals surface area contributed by atoms with Crippen LogP contribution in [0.1, 0.15) is 22.3 Å². The average Bonchev–Trinajstić information content (AvgIpc) is 2.44.